The van der Waals surface area contributed by atoms with Crippen LogP contribution in [0.15, 0.2) is 17.5 Å². The standard InChI is InChI=1S/C17H29NS/c1-4-6-14-8-9-15(12-18-13(2)3)16(11-14)17-7-5-10-19-17/h5,7,10,13-16,18H,4,6,8-9,11-12H2,1-3H3. The summed E-state index contributed by atoms with van der Waals surface area (Å²) in [5.74, 6) is 2.61. The van der Waals surface area contributed by atoms with Crippen molar-refractivity contribution in [2.45, 2.75) is 64.8 Å². The Morgan fingerprint density at radius 3 is 2.84 bits per heavy atom. The molecule has 3 unspecified atom stereocenters. The van der Waals surface area contributed by atoms with Crippen LogP contribution in [0.25, 0.3) is 0 Å². The molecule has 0 amide bonds. The van der Waals surface area contributed by atoms with Crippen LogP contribution in [-0.4, -0.2) is 12.6 Å². The largest absolute Gasteiger partial charge is 0.314 e. The van der Waals surface area contributed by atoms with Crippen molar-refractivity contribution in [3.63, 3.8) is 0 Å². The van der Waals surface area contributed by atoms with Gasteiger partial charge in [-0.15, -0.1) is 11.3 Å². The number of nitrogens with one attached hydrogen (secondary N) is 1. The van der Waals surface area contributed by atoms with Crippen molar-refractivity contribution in [2.75, 3.05) is 6.54 Å². The van der Waals surface area contributed by atoms with Gasteiger partial charge < -0.3 is 5.32 Å². The highest BCUT2D eigenvalue weighted by Crippen LogP contribution is 2.43. The average Bonchev–Trinajstić information content (AvgIpc) is 2.91. The molecule has 2 rings (SSSR count). The number of hydrogen-bond acceptors (Lipinski definition) is 2. The fraction of sp³-hybridized carbons (Fsp3) is 0.765. The third kappa shape index (κ3) is 4.32. The quantitative estimate of drug-likeness (QED) is 0.768. The van der Waals surface area contributed by atoms with E-state index in [0.717, 1.165) is 17.8 Å². The Bertz CT molecular complexity index is 344. The molecule has 0 radical (unpaired) electrons. The van der Waals surface area contributed by atoms with Crippen LogP contribution in [-0.2, 0) is 0 Å². The Balaban J connectivity index is 2.00. The molecule has 1 saturated carbocycles. The molecular weight excluding hydrogens is 250 g/mol. The zero-order chi connectivity index (χ0) is 13.7. The highest BCUT2D eigenvalue weighted by atomic mass is 32.1. The van der Waals surface area contributed by atoms with Gasteiger partial charge in [-0.05, 0) is 48.6 Å². The van der Waals surface area contributed by atoms with Crippen LogP contribution in [0.3, 0.4) is 0 Å². The van der Waals surface area contributed by atoms with Crippen molar-refractivity contribution in [1.82, 2.24) is 5.32 Å². The molecule has 1 aliphatic carbocycles. The minimum absolute atomic E-state index is 0.609. The Kier molecular flexibility index (Phi) is 5.90. The van der Waals surface area contributed by atoms with Gasteiger partial charge in [-0.2, -0.15) is 0 Å². The van der Waals surface area contributed by atoms with Crippen LogP contribution in [0.2, 0.25) is 0 Å². The number of thiophene rings is 1. The van der Waals surface area contributed by atoms with Crippen LogP contribution >= 0.6 is 11.3 Å². The molecule has 0 saturated heterocycles. The van der Waals surface area contributed by atoms with E-state index in [0.29, 0.717) is 6.04 Å². The van der Waals surface area contributed by atoms with Gasteiger partial charge in [-0.3, -0.25) is 0 Å². The highest BCUT2D eigenvalue weighted by molar-refractivity contribution is 7.10. The monoisotopic (exact) mass is 279 g/mol. The lowest BCUT2D eigenvalue weighted by Crippen LogP contribution is -2.34. The van der Waals surface area contributed by atoms with E-state index in [-0.39, 0.29) is 0 Å². The second kappa shape index (κ2) is 7.44. The van der Waals surface area contributed by atoms with E-state index in [1.54, 1.807) is 4.88 Å². The van der Waals surface area contributed by atoms with Crippen molar-refractivity contribution in [3.05, 3.63) is 22.4 Å². The van der Waals surface area contributed by atoms with Crippen molar-refractivity contribution in [1.29, 1.82) is 0 Å². The first kappa shape index (κ1) is 15.1. The zero-order valence-electron chi connectivity index (χ0n) is 12.7. The van der Waals surface area contributed by atoms with Gasteiger partial charge in [0.15, 0.2) is 0 Å². The molecule has 1 aromatic rings. The van der Waals surface area contributed by atoms with E-state index in [4.69, 9.17) is 0 Å². The summed E-state index contributed by atoms with van der Waals surface area (Å²) in [6, 6.07) is 5.18. The maximum Gasteiger partial charge on any atom is 0.00795 e. The summed E-state index contributed by atoms with van der Waals surface area (Å²) in [4.78, 5) is 1.62. The fourth-order valence-corrected chi connectivity index (χ4v) is 4.41. The molecule has 0 aliphatic heterocycles. The lowest BCUT2D eigenvalue weighted by atomic mass is 9.72. The third-order valence-corrected chi connectivity index (χ3v) is 5.50. The Morgan fingerprint density at radius 2 is 2.21 bits per heavy atom. The van der Waals surface area contributed by atoms with E-state index in [1.165, 1.54) is 38.6 Å². The smallest absolute Gasteiger partial charge is 0.00795 e. The molecule has 1 aromatic heterocycles. The van der Waals surface area contributed by atoms with E-state index >= 15 is 0 Å². The molecular formula is C17H29NS. The average molecular weight is 279 g/mol. The van der Waals surface area contributed by atoms with E-state index in [9.17, 15) is 0 Å². The summed E-state index contributed by atoms with van der Waals surface area (Å²) >= 11 is 1.96. The van der Waals surface area contributed by atoms with Crippen LogP contribution in [0, 0.1) is 11.8 Å². The number of rotatable bonds is 6. The predicted molar refractivity (Wildman–Crippen MR) is 85.9 cm³/mol. The molecule has 1 nitrogen and oxygen atoms in total. The van der Waals surface area contributed by atoms with Gasteiger partial charge in [-0.1, -0.05) is 46.1 Å². The highest BCUT2D eigenvalue weighted by Gasteiger charge is 2.31. The maximum absolute atomic E-state index is 3.66. The first-order chi connectivity index (χ1) is 9.20. The van der Waals surface area contributed by atoms with Crippen molar-refractivity contribution in [3.8, 4) is 0 Å². The van der Waals surface area contributed by atoms with E-state index in [1.807, 2.05) is 11.3 Å². The summed E-state index contributed by atoms with van der Waals surface area (Å²) in [6.45, 7) is 8.03. The first-order valence-corrected chi connectivity index (χ1v) is 8.85. The van der Waals surface area contributed by atoms with Crippen LogP contribution in [0.5, 0.6) is 0 Å². The van der Waals surface area contributed by atoms with Gasteiger partial charge in [0.25, 0.3) is 0 Å². The molecule has 1 heterocycles. The Morgan fingerprint density at radius 1 is 1.37 bits per heavy atom. The van der Waals surface area contributed by atoms with Gasteiger partial charge in [0.1, 0.15) is 0 Å². The van der Waals surface area contributed by atoms with Gasteiger partial charge in [0, 0.05) is 10.9 Å². The Hall–Kier alpha value is -0.340. The summed E-state index contributed by atoms with van der Waals surface area (Å²) in [5.41, 5.74) is 0. The summed E-state index contributed by atoms with van der Waals surface area (Å²) < 4.78 is 0. The predicted octanol–water partition coefficient (Wildman–Crippen LogP) is 5.05. The molecule has 0 aromatic carbocycles. The Labute approximate surface area is 122 Å². The van der Waals surface area contributed by atoms with Gasteiger partial charge in [-0.25, -0.2) is 0 Å². The molecule has 1 N–H and O–H groups in total. The minimum atomic E-state index is 0.609. The van der Waals surface area contributed by atoms with Gasteiger partial charge in [0.05, 0.1) is 0 Å². The molecule has 3 atom stereocenters. The van der Waals surface area contributed by atoms with Crippen LogP contribution in [0.4, 0.5) is 0 Å². The zero-order valence-corrected chi connectivity index (χ0v) is 13.5. The van der Waals surface area contributed by atoms with Crippen LogP contribution in [0.1, 0.15) is 63.7 Å². The van der Waals surface area contributed by atoms with Crippen molar-refractivity contribution < 1.29 is 0 Å². The normalized spacial score (nSPS) is 27.9. The lowest BCUT2D eigenvalue weighted by molar-refractivity contribution is 0.220. The molecule has 1 fully saturated rings. The molecule has 108 valence electrons. The summed E-state index contributed by atoms with van der Waals surface area (Å²) in [7, 11) is 0. The maximum atomic E-state index is 3.66. The topological polar surface area (TPSA) is 12.0 Å². The summed E-state index contributed by atoms with van der Waals surface area (Å²) in [5, 5.41) is 5.90. The second-order valence-corrected chi connectivity index (χ2v) is 7.39. The SMILES string of the molecule is CCCC1CCC(CNC(C)C)C(c2cccs2)C1. The van der Waals surface area contributed by atoms with E-state index in [2.05, 4.69) is 43.6 Å². The second-order valence-electron chi connectivity index (χ2n) is 6.41. The molecule has 2 heteroatoms. The fourth-order valence-electron chi connectivity index (χ4n) is 3.47. The van der Waals surface area contributed by atoms with E-state index < -0.39 is 0 Å². The molecule has 19 heavy (non-hydrogen) atoms. The first-order valence-electron chi connectivity index (χ1n) is 7.97. The van der Waals surface area contributed by atoms with Crippen LogP contribution < -0.4 is 5.32 Å². The van der Waals surface area contributed by atoms with Gasteiger partial charge >= 0.3 is 0 Å². The van der Waals surface area contributed by atoms with Gasteiger partial charge in [0.2, 0.25) is 0 Å². The minimum Gasteiger partial charge on any atom is -0.314 e. The summed E-state index contributed by atoms with van der Waals surface area (Å²) in [6.07, 6.45) is 7.04. The van der Waals surface area contributed by atoms with Crippen molar-refractivity contribution in [2.24, 2.45) is 11.8 Å². The number of hydrogen-bond donors (Lipinski definition) is 1. The van der Waals surface area contributed by atoms with Crippen molar-refractivity contribution >= 4 is 11.3 Å². The molecule has 0 bridgehead atoms. The third-order valence-electron chi connectivity index (χ3n) is 4.50. The lowest BCUT2D eigenvalue weighted by Gasteiger charge is -2.36. The molecule has 0 spiro atoms. The molecule has 1 aliphatic rings.